The van der Waals surface area contributed by atoms with Gasteiger partial charge >= 0.3 is 5.97 Å². The van der Waals surface area contributed by atoms with E-state index >= 15 is 0 Å². The predicted octanol–water partition coefficient (Wildman–Crippen LogP) is 3.45. The second-order valence-corrected chi connectivity index (χ2v) is 4.56. The fourth-order valence-corrected chi connectivity index (χ4v) is 1.93. The zero-order valence-electron chi connectivity index (χ0n) is 11.4. The number of aryl methyl sites for hydroxylation is 2. The van der Waals surface area contributed by atoms with E-state index in [9.17, 15) is 4.79 Å². The Morgan fingerprint density at radius 2 is 1.85 bits per heavy atom. The van der Waals surface area contributed by atoms with Crippen molar-refractivity contribution in [2.75, 3.05) is 5.43 Å². The molecule has 20 heavy (non-hydrogen) atoms. The molecule has 2 N–H and O–H groups in total. The van der Waals surface area contributed by atoms with E-state index in [1.807, 2.05) is 43.3 Å². The van der Waals surface area contributed by atoms with Crippen LogP contribution in [0.25, 0.3) is 0 Å². The highest BCUT2D eigenvalue weighted by Gasteiger charge is 2.09. The number of aromatic carboxylic acids is 1. The van der Waals surface area contributed by atoms with Gasteiger partial charge in [0.15, 0.2) is 0 Å². The van der Waals surface area contributed by atoms with E-state index in [1.165, 1.54) is 0 Å². The molecule has 0 fully saturated rings. The molecule has 0 heterocycles. The van der Waals surface area contributed by atoms with Gasteiger partial charge in [0.1, 0.15) is 0 Å². The highest BCUT2D eigenvalue weighted by atomic mass is 16.4. The minimum atomic E-state index is -0.923. The monoisotopic (exact) mass is 268 g/mol. The Kier molecular flexibility index (Phi) is 4.15. The van der Waals surface area contributed by atoms with Crippen LogP contribution in [0, 0.1) is 13.8 Å². The molecule has 4 heteroatoms. The molecule has 0 saturated heterocycles. The van der Waals surface area contributed by atoms with E-state index < -0.39 is 5.97 Å². The Bertz CT molecular complexity index is 649. The van der Waals surface area contributed by atoms with E-state index in [-0.39, 0.29) is 0 Å². The molecule has 0 unspecified atom stereocenters. The Balaban J connectivity index is 2.21. The Morgan fingerprint density at radius 1 is 1.15 bits per heavy atom. The lowest BCUT2D eigenvalue weighted by Gasteiger charge is -2.06. The van der Waals surface area contributed by atoms with E-state index in [4.69, 9.17) is 5.11 Å². The van der Waals surface area contributed by atoms with Crippen molar-refractivity contribution in [1.29, 1.82) is 0 Å². The molecule has 0 amide bonds. The number of nitrogens with one attached hydrogen (secondary N) is 1. The molecule has 0 atom stereocenters. The van der Waals surface area contributed by atoms with Crippen molar-refractivity contribution in [1.82, 2.24) is 0 Å². The predicted molar refractivity (Wildman–Crippen MR) is 80.5 cm³/mol. The van der Waals surface area contributed by atoms with Crippen molar-refractivity contribution >= 4 is 17.9 Å². The largest absolute Gasteiger partial charge is 0.478 e. The standard InChI is InChI=1S/C16H16N2O2/c1-11-8-12(2)15(16(19)20)9-13(11)10-17-18-14-6-4-3-5-7-14/h3-10,18H,1-2H3,(H,19,20). The molecule has 0 aliphatic carbocycles. The number of hydrogen-bond acceptors (Lipinski definition) is 3. The summed E-state index contributed by atoms with van der Waals surface area (Å²) in [5, 5.41) is 13.3. The summed E-state index contributed by atoms with van der Waals surface area (Å²) in [7, 11) is 0. The van der Waals surface area contributed by atoms with Crippen molar-refractivity contribution in [2.45, 2.75) is 13.8 Å². The first kappa shape index (κ1) is 13.8. The summed E-state index contributed by atoms with van der Waals surface area (Å²) in [5.41, 5.74) is 6.62. The molecule has 2 aromatic carbocycles. The van der Waals surface area contributed by atoms with Crippen molar-refractivity contribution in [3.05, 3.63) is 64.7 Å². The van der Waals surface area contributed by atoms with Crippen LogP contribution in [-0.4, -0.2) is 17.3 Å². The fourth-order valence-electron chi connectivity index (χ4n) is 1.93. The van der Waals surface area contributed by atoms with Crippen LogP contribution in [0.4, 0.5) is 5.69 Å². The van der Waals surface area contributed by atoms with Crippen LogP contribution in [-0.2, 0) is 0 Å². The zero-order valence-corrected chi connectivity index (χ0v) is 11.4. The third-order valence-corrected chi connectivity index (χ3v) is 3.01. The van der Waals surface area contributed by atoms with Crippen molar-refractivity contribution in [3.8, 4) is 0 Å². The lowest BCUT2D eigenvalue weighted by atomic mass is 10.0. The molecule has 0 aromatic heterocycles. The summed E-state index contributed by atoms with van der Waals surface area (Å²) in [4.78, 5) is 11.1. The number of anilines is 1. The van der Waals surface area contributed by atoms with Gasteiger partial charge < -0.3 is 5.11 Å². The quantitative estimate of drug-likeness (QED) is 0.659. The molecule has 0 radical (unpaired) electrons. The van der Waals surface area contributed by atoms with Crippen LogP contribution in [0.15, 0.2) is 47.6 Å². The second-order valence-electron chi connectivity index (χ2n) is 4.56. The first-order valence-corrected chi connectivity index (χ1v) is 6.26. The van der Waals surface area contributed by atoms with E-state index in [0.29, 0.717) is 5.56 Å². The van der Waals surface area contributed by atoms with Crippen LogP contribution in [0.1, 0.15) is 27.0 Å². The molecule has 0 aliphatic heterocycles. The number of hydrogen-bond donors (Lipinski definition) is 2. The van der Waals surface area contributed by atoms with Crippen LogP contribution in [0.2, 0.25) is 0 Å². The van der Waals surface area contributed by atoms with Crippen LogP contribution in [0.5, 0.6) is 0 Å². The topological polar surface area (TPSA) is 61.7 Å². The first-order chi connectivity index (χ1) is 9.58. The number of carboxylic acids is 1. The van der Waals surface area contributed by atoms with Gasteiger partial charge in [-0.3, -0.25) is 5.43 Å². The van der Waals surface area contributed by atoms with Gasteiger partial charge in [-0.25, -0.2) is 4.79 Å². The molecule has 0 aliphatic rings. The van der Waals surface area contributed by atoms with Gasteiger partial charge in [0, 0.05) is 0 Å². The third kappa shape index (κ3) is 3.23. The number of para-hydroxylation sites is 1. The van der Waals surface area contributed by atoms with Gasteiger partial charge in [-0.2, -0.15) is 5.10 Å². The number of hydrazone groups is 1. The minimum Gasteiger partial charge on any atom is -0.478 e. The lowest BCUT2D eigenvalue weighted by Crippen LogP contribution is -2.03. The smallest absolute Gasteiger partial charge is 0.335 e. The molecule has 2 aromatic rings. The normalized spacial score (nSPS) is 10.7. The van der Waals surface area contributed by atoms with Gasteiger partial charge in [0.05, 0.1) is 17.5 Å². The highest BCUT2D eigenvalue weighted by Crippen LogP contribution is 2.15. The molecular formula is C16H16N2O2. The fraction of sp³-hybridized carbons (Fsp3) is 0.125. The molecule has 0 spiro atoms. The Morgan fingerprint density at radius 3 is 2.50 bits per heavy atom. The Labute approximate surface area is 117 Å². The van der Waals surface area contributed by atoms with Crippen LogP contribution < -0.4 is 5.43 Å². The number of carbonyl (C=O) groups is 1. The maximum absolute atomic E-state index is 11.1. The first-order valence-electron chi connectivity index (χ1n) is 6.26. The summed E-state index contributed by atoms with van der Waals surface area (Å²) >= 11 is 0. The molecule has 2 rings (SSSR count). The molecule has 0 bridgehead atoms. The second kappa shape index (κ2) is 6.02. The molecule has 102 valence electrons. The molecule has 4 nitrogen and oxygen atoms in total. The number of carboxylic acid groups (broad SMARTS) is 1. The Hall–Kier alpha value is -2.62. The van der Waals surface area contributed by atoms with E-state index in [1.54, 1.807) is 19.2 Å². The van der Waals surface area contributed by atoms with Gasteiger partial charge in [-0.05, 0) is 48.7 Å². The maximum Gasteiger partial charge on any atom is 0.335 e. The van der Waals surface area contributed by atoms with Crippen molar-refractivity contribution in [2.24, 2.45) is 5.10 Å². The maximum atomic E-state index is 11.1. The van der Waals surface area contributed by atoms with E-state index in [0.717, 1.165) is 22.4 Å². The van der Waals surface area contributed by atoms with Gasteiger partial charge in [0.2, 0.25) is 0 Å². The van der Waals surface area contributed by atoms with Crippen LogP contribution in [0.3, 0.4) is 0 Å². The third-order valence-electron chi connectivity index (χ3n) is 3.01. The average Bonchev–Trinajstić information content (AvgIpc) is 2.42. The van der Waals surface area contributed by atoms with E-state index in [2.05, 4.69) is 10.5 Å². The molecule has 0 saturated carbocycles. The van der Waals surface area contributed by atoms with Crippen LogP contribution >= 0.6 is 0 Å². The number of rotatable bonds is 4. The van der Waals surface area contributed by atoms with Crippen molar-refractivity contribution < 1.29 is 9.90 Å². The number of nitrogens with zero attached hydrogens (tertiary/aromatic N) is 1. The van der Waals surface area contributed by atoms with Gasteiger partial charge in [0.25, 0.3) is 0 Å². The summed E-state index contributed by atoms with van der Waals surface area (Å²) in [5.74, 6) is -0.923. The summed E-state index contributed by atoms with van der Waals surface area (Å²) in [6.45, 7) is 3.72. The van der Waals surface area contributed by atoms with Crippen molar-refractivity contribution in [3.63, 3.8) is 0 Å². The molecular weight excluding hydrogens is 252 g/mol. The van der Waals surface area contributed by atoms with Gasteiger partial charge in [-0.1, -0.05) is 24.3 Å². The summed E-state index contributed by atoms with van der Waals surface area (Å²) < 4.78 is 0. The number of benzene rings is 2. The average molecular weight is 268 g/mol. The zero-order chi connectivity index (χ0) is 14.5. The summed E-state index contributed by atoms with van der Waals surface area (Å²) in [6, 6.07) is 13.1. The summed E-state index contributed by atoms with van der Waals surface area (Å²) in [6.07, 6.45) is 1.63. The minimum absolute atomic E-state index is 0.303. The highest BCUT2D eigenvalue weighted by molar-refractivity contribution is 5.93. The van der Waals surface area contributed by atoms with Gasteiger partial charge in [-0.15, -0.1) is 0 Å². The SMILES string of the molecule is Cc1cc(C)c(C(=O)O)cc1C=NNc1ccccc1. The lowest BCUT2D eigenvalue weighted by molar-refractivity contribution is 0.0696.